The monoisotopic (exact) mass is 281 g/mol. The third kappa shape index (κ3) is 3.23. The number of amides is 1. The van der Waals surface area contributed by atoms with Gasteiger partial charge in [0.2, 0.25) is 12.7 Å². The van der Waals surface area contributed by atoms with Gasteiger partial charge in [0.15, 0.2) is 11.5 Å². The summed E-state index contributed by atoms with van der Waals surface area (Å²) in [5.74, 6) is 1.49. The number of carbonyl (C=O) groups excluding carboxylic acids is 1. The summed E-state index contributed by atoms with van der Waals surface area (Å²) in [7, 11) is 0. The standard InChI is InChI=1S/C17H15NO3/c1-12(19)18-15-7-4-13(5-8-15)2-3-14-6-9-16-17(10-14)21-11-20-16/h2-10H,11H2,1H3,(H,18,19)/b3-2+. The predicted octanol–water partition coefficient (Wildman–Crippen LogP) is 3.54. The lowest BCUT2D eigenvalue weighted by molar-refractivity contribution is -0.114. The molecule has 0 radical (unpaired) electrons. The highest BCUT2D eigenvalue weighted by Gasteiger charge is 2.11. The van der Waals surface area contributed by atoms with Crippen LogP contribution in [0.4, 0.5) is 5.69 Å². The fraction of sp³-hybridized carbons (Fsp3) is 0.118. The van der Waals surface area contributed by atoms with Crippen LogP contribution in [0.25, 0.3) is 12.2 Å². The minimum atomic E-state index is -0.0707. The van der Waals surface area contributed by atoms with E-state index in [1.165, 1.54) is 6.92 Å². The van der Waals surface area contributed by atoms with Crippen molar-refractivity contribution in [3.63, 3.8) is 0 Å². The number of carbonyl (C=O) groups is 1. The van der Waals surface area contributed by atoms with Gasteiger partial charge in [-0.25, -0.2) is 0 Å². The van der Waals surface area contributed by atoms with Gasteiger partial charge in [0.05, 0.1) is 0 Å². The molecule has 1 heterocycles. The van der Waals surface area contributed by atoms with E-state index in [2.05, 4.69) is 5.32 Å². The number of anilines is 1. The lowest BCUT2D eigenvalue weighted by Crippen LogP contribution is -2.05. The van der Waals surface area contributed by atoms with Crippen LogP contribution in [-0.4, -0.2) is 12.7 Å². The minimum Gasteiger partial charge on any atom is -0.454 e. The van der Waals surface area contributed by atoms with Crippen LogP contribution >= 0.6 is 0 Å². The number of rotatable bonds is 3. The van der Waals surface area contributed by atoms with Crippen LogP contribution in [-0.2, 0) is 4.79 Å². The highest BCUT2D eigenvalue weighted by molar-refractivity contribution is 5.88. The van der Waals surface area contributed by atoms with Crippen LogP contribution in [0.15, 0.2) is 42.5 Å². The molecule has 0 aliphatic carbocycles. The van der Waals surface area contributed by atoms with Crippen molar-refractivity contribution < 1.29 is 14.3 Å². The van der Waals surface area contributed by atoms with Crippen molar-refractivity contribution in [2.75, 3.05) is 12.1 Å². The van der Waals surface area contributed by atoms with Gasteiger partial charge in [0.1, 0.15) is 0 Å². The molecule has 21 heavy (non-hydrogen) atoms. The Balaban J connectivity index is 1.72. The summed E-state index contributed by atoms with van der Waals surface area (Å²) in [5.41, 5.74) is 2.90. The van der Waals surface area contributed by atoms with Gasteiger partial charge < -0.3 is 14.8 Å². The van der Waals surface area contributed by atoms with Crippen molar-refractivity contribution in [3.8, 4) is 11.5 Å². The quantitative estimate of drug-likeness (QED) is 0.875. The Labute approximate surface area is 123 Å². The second-order valence-corrected chi connectivity index (χ2v) is 4.75. The van der Waals surface area contributed by atoms with Crippen molar-refractivity contribution in [1.82, 2.24) is 0 Å². The van der Waals surface area contributed by atoms with Gasteiger partial charge in [-0.1, -0.05) is 30.4 Å². The Morgan fingerprint density at radius 3 is 2.43 bits per heavy atom. The lowest BCUT2D eigenvalue weighted by Gasteiger charge is -2.02. The molecule has 0 saturated carbocycles. The largest absolute Gasteiger partial charge is 0.454 e. The third-order valence-electron chi connectivity index (χ3n) is 3.10. The van der Waals surface area contributed by atoms with E-state index >= 15 is 0 Å². The van der Waals surface area contributed by atoms with Gasteiger partial charge in [0, 0.05) is 12.6 Å². The van der Waals surface area contributed by atoms with Crippen molar-refractivity contribution in [2.24, 2.45) is 0 Å². The predicted molar refractivity (Wildman–Crippen MR) is 82.2 cm³/mol. The second-order valence-electron chi connectivity index (χ2n) is 4.75. The van der Waals surface area contributed by atoms with E-state index < -0.39 is 0 Å². The maximum absolute atomic E-state index is 11.0. The zero-order valence-electron chi connectivity index (χ0n) is 11.6. The first-order valence-corrected chi connectivity index (χ1v) is 6.66. The molecule has 106 valence electrons. The van der Waals surface area contributed by atoms with E-state index in [9.17, 15) is 4.79 Å². The first-order valence-electron chi connectivity index (χ1n) is 6.66. The van der Waals surface area contributed by atoms with Crippen LogP contribution in [0.2, 0.25) is 0 Å². The van der Waals surface area contributed by atoms with Gasteiger partial charge in [-0.15, -0.1) is 0 Å². The summed E-state index contributed by atoms with van der Waals surface area (Å²) in [4.78, 5) is 11.0. The highest BCUT2D eigenvalue weighted by Crippen LogP contribution is 2.32. The molecule has 0 spiro atoms. The maximum atomic E-state index is 11.0. The van der Waals surface area contributed by atoms with Crippen molar-refractivity contribution in [1.29, 1.82) is 0 Å². The molecule has 1 aliphatic heterocycles. The van der Waals surface area contributed by atoms with Gasteiger partial charge in [-0.05, 0) is 35.4 Å². The molecule has 3 rings (SSSR count). The van der Waals surface area contributed by atoms with Crippen molar-refractivity contribution >= 4 is 23.7 Å². The number of ether oxygens (including phenoxy) is 2. The molecule has 4 nitrogen and oxygen atoms in total. The summed E-state index contributed by atoms with van der Waals surface area (Å²) in [6.45, 7) is 1.78. The van der Waals surface area contributed by atoms with E-state index in [1.54, 1.807) is 0 Å². The molecule has 0 unspecified atom stereocenters. The lowest BCUT2D eigenvalue weighted by atomic mass is 10.1. The Morgan fingerprint density at radius 2 is 1.67 bits per heavy atom. The van der Waals surface area contributed by atoms with Crippen molar-refractivity contribution in [3.05, 3.63) is 53.6 Å². The highest BCUT2D eigenvalue weighted by atomic mass is 16.7. The molecular weight excluding hydrogens is 266 g/mol. The molecule has 4 heteroatoms. The average molecular weight is 281 g/mol. The number of nitrogens with one attached hydrogen (secondary N) is 1. The smallest absolute Gasteiger partial charge is 0.231 e. The third-order valence-corrected chi connectivity index (χ3v) is 3.10. The second kappa shape index (κ2) is 5.71. The summed E-state index contributed by atoms with van der Waals surface area (Å²) < 4.78 is 10.6. The molecule has 0 atom stereocenters. The van der Waals surface area contributed by atoms with Crippen LogP contribution in [0.1, 0.15) is 18.1 Å². The summed E-state index contributed by atoms with van der Waals surface area (Å²) in [6, 6.07) is 13.5. The average Bonchev–Trinajstić information content (AvgIpc) is 2.93. The minimum absolute atomic E-state index is 0.0707. The zero-order chi connectivity index (χ0) is 14.7. The molecule has 0 fully saturated rings. The van der Waals surface area contributed by atoms with Crippen LogP contribution in [0.3, 0.4) is 0 Å². The molecule has 1 N–H and O–H groups in total. The van der Waals surface area contributed by atoms with Crippen LogP contribution in [0.5, 0.6) is 11.5 Å². The molecule has 0 aromatic heterocycles. The SMILES string of the molecule is CC(=O)Nc1ccc(/C=C/c2ccc3c(c2)OCO3)cc1. The van der Waals surface area contributed by atoms with E-state index in [1.807, 2.05) is 54.6 Å². The summed E-state index contributed by atoms with van der Waals surface area (Å²) in [6.07, 6.45) is 4.02. The summed E-state index contributed by atoms with van der Waals surface area (Å²) >= 11 is 0. The molecule has 1 aliphatic rings. The molecule has 1 amide bonds. The fourth-order valence-electron chi connectivity index (χ4n) is 2.09. The number of hydrogen-bond donors (Lipinski definition) is 1. The number of hydrogen-bond acceptors (Lipinski definition) is 3. The Bertz CT molecular complexity index is 690. The number of benzene rings is 2. The Hall–Kier alpha value is -2.75. The van der Waals surface area contributed by atoms with Crippen molar-refractivity contribution in [2.45, 2.75) is 6.92 Å². The van der Waals surface area contributed by atoms with E-state index in [0.29, 0.717) is 0 Å². The molecular formula is C17H15NO3. The van der Waals surface area contributed by atoms with E-state index in [4.69, 9.17) is 9.47 Å². The molecule has 0 saturated heterocycles. The first-order chi connectivity index (χ1) is 10.2. The van der Waals surface area contributed by atoms with Crippen LogP contribution in [0, 0.1) is 0 Å². The molecule has 2 aromatic carbocycles. The van der Waals surface area contributed by atoms with Gasteiger partial charge in [-0.3, -0.25) is 4.79 Å². The van der Waals surface area contributed by atoms with E-state index in [-0.39, 0.29) is 12.7 Å². The molecule has 2 aromatic rings. The maximum Gasteiger partial charge on any atom is 0.231 e. The number of fused-ring (bicyclic) bond motifs is 1. The van der Waals surface area contributed by atoms with E-state index in [0.717, 1.165) is 28.3 Å². The Kier molecular flexibility index (Phi) is 3.60. The van der Waals surface area contributed by atoms with Gasteiger partial charge in [-0.2, -0.15) is 0 Å². The van der Waals surface area contributed by atoms with Crippen LogP contribution < -0.4 is 14.8 Å². The van der Waals surface area contributed by atoms with Gasteiger partial charge >= 0.3 is 0 Å². The normalized spacial score (nSPS) is 12.6. The molecule has 0 bridgehead atoms. The van der Waals surface area contributed by atoms with Gasteiger partial charge in [0.25, 0.3) is 0 Å². The fourth-order valence-corrected chi connectivity index (χ4v) is 2.09. The first kappa shape index (κ1) is 13.2. The Morgan fingerprint density at radius 1 is 1.00 bits per heavy atom. The topological polar surface area (TPSA) is 47.6 Å². The zero-order valence-corrected chi connectivity index (χ0v) is 11.6. The summed E-state index contributed by atoms with van der Waals surface area (Å²) in [5, 5.41) is 2.74.